The van der Waals surface area contributed by atoms with E-state index >= 15 is 0 Å². The van der Waals surface area contributed by atoms with Crippen LogP contribution >= 0.6 is 23.2 Å². The fourth-order valence-electron chi connectivity index (χ4n) is 3.43. The zero-order valence-corrected chi connectivity index (χ0v) is 21.4. The fourth-order valence-corrected chi connectivity index (χ4v) is 3.94. The van der Waals surface area contributed by atoms with E-state index in [0.717, 1.165) is 40.7 Å². The topological polar surface area (TPSA) is 161 Å². The van der Waals surface area contributed by atoms with E-state index in [1.165, 1.54) is 0 Å². The largest absolute Gasteiger partial charge is 0.505 e. The van der Waals surface area contributed by atoms with Crippen LogP contribution in [0, 0.1) is 0 Å². The van der Waals surface area contributed by atoms with Gasteiger partial charge in [-0.2, -0.15) is 0 Å². The maximum absolute atomic E-state index is 12.2. The number of carbonyl (C=O) groups is 5. The predicted octanol–water partition coefficient (Wildman–Crippen LogP) is 2.36. The molecule has 0 radical (unpaired) electrons. The molecule has 5 atom stereocenters. The molecule has 1 saturated heterocycles. The molecule has 2 rings (SSSR count). The number of ketones is 1. The van der Waals surface area contributed by atoms with Gasteiger partial charge in [0.05, 0.1) is 10.0 Å². The highest BCUT2D eigenvalue weighted by Gasteiger charge is 2.53. The van der Waals surface area contributed by atoms with Gasteiger partial charge in [0.2, 0.25) is 12.4 Å². The molecule has 0 amide bonds. The Bertz CT molecular complexity index is 1060. The molecule has 12 nitrogen and oxygen atoms in total. The molecule has 0 bridgehead atoms. The summed E-state index contributed by atoms with van der Waals surface area (Å²) in [5.74, 6) is -4.90. The summed E-state index contributed by atoms with van der Waals surface area (Å²) in [6.45, 7) is 4.93. The predicted molar refractivity (Wildman–Crippen MR) is 121 cm³/mol. The Balaban J connectivity index is 2.64. The van der Waals surface area contributed by atoms with Crippen molar-refractivity contribution in [3.05, 3.63) is 21.7 Å². The quantitative estimate of drug-likeness (QED) is 0.286. The molecule has 1 fully saturated rings. The lowest BCUT2D eigenvalue weighted by atomic mass is 9.98. The smallest absolute Gasteiger partial charge is 0.303 e. The lowest BCUT2D eigenvalue weighted by molar-refractivity contribution is -0.288. The SMILES string of the molecule is CC(=O)OC[C@H]1O[C@@H](Oc2c(Cl)cc(Cl)c(O)c2C(C)=O)[C@H](OC(C)=O)[C@@H](OC(C)=O)[C@@H]1OC(C)=O. The van der Waals surface area contributed by atoms with E-state index in [4.69, 9.17) is 51.6 Å². The van der Waals surface area contributed by atoms with Gasteiger partial charge in [-0.25, -0.2) is 0 Å². The van der Waals surface area contributed by atoms with Crippen LogP contribution in [0.15, 0.2) is 6.07 Å². The van der Waals surface area contributed by atoms with E-state index in [2.05, 4.69) is 0 Å². The molecule has 0 saturated carbocycles. The lowest BCUT2D eigenvalue weighted by Gasteiger charge is -2.44. The minimum atomic E-state index is -1.67. The van der Waals surface area contributed by atoms with Crippen LogP contribution in [0.1, 0.15) is 45.0 Å². The summed E-state index contributed by atoms with van der Waals surface area (Å²) in [6, 6.07) is 1.10. The Morgan fingerprint density at radius 1 is 0.833 bits per heavy atom. The zero-order valence-electron chi connectivity index (χ0n) is 19.9. The maximum atomic E-state index is 12.2. The minimum Gasteiger partial charge on any atom is -0.505 e. The van der Waals surface area contributed by atoms with Gasteiger partial charge in [-0.05, 0) is 13.0 Å². The van der Waals surface area contributed by atoms with Gasteiger partial charge in [-0.15, -0.1) is 0 Å². The van der Waals surface area contributed by atoms with Crippen molar-refractivity contribution in [2.45, 2.75) is 65.3 Å². The summed E-state index contributed by atoms with van der Waals surface area (Å²) >= 11 is 12.1. The van der Waals surface area contributed by atoms with Crippen molar-refractivity contribution in [3.63, 3.8) is 0 Å². The van der Waals surface area contributed by atoms with Gasteiger partial charge in [0.15, 0.2) is 23.7 Å². The van der Waals surface area contributed by atoms with Crippen LogP contribution in [-0.4, -0.2) is 72.1 Å². The van der Waals surface area contributed by atoms with Crippen LogP contribution in [0.5, 0.6) is 11.5 Å². The highest BCUT2D eigenvalue weighted by Crippen LogP contribution is 2.42. The van der Waals surface area contributed by atoms with Gasteiger partial charge >= 0.3 is 23.9 Å². The summed E-state index contributed by atoms with van der Waals surface area (Å²) in [4.78, 5) is 59.3. The van der Waals surface area contributed by atoms with E-state index in [1.54, 1.807) is 0 Å². The van der Waals surface area contributed by atoms with Crippen LogP contribution in [0.4, 0.5) is 0 Å². The number of rotatable bonds is 8. The van der Waals surface area contributed by atoms with Gasteiger partial charge in [0.25, 0.3) is 0 Å². The molecule has 1 aromatic carbocycles. The third-order valence-corrected chi connectivity index (χ3v) is 5.26. The number of Topliss-reactive ketones (excluding diaryl/α,β-unsaturated/α-hetero) is 1. The van der Waals surface area contributed by atoms with Gasteiger partial charge in [0.1, 0.15) is 24.0 Å². The number of esters is 4. The van der Waals surface area contributed by atoms with E-state index in [-0.39, 0.29) is 15.8 Å². The number of ether oxygens (including phenoxy) is 6. The average Bonchev–Trinajstić information content (AvgIpc) is 2.73. The van der Waals surface area contributed by atoms with Crippen LogP contribution in [0.3, 0.4) is 0 Å². The molecular weight excluding hydrogens is 527 g/mol. The van der Waals surface area contributed by atoms with Crippen LogP contribution in [0.2, 0.25) is 10.0 Å². The number of halogens is 2. The Labute approximate surface area is 215 Å². The highest BCUT2D eigenvalue weighted by molar-refractivity contribution is 6.37. The summed E-state index contributed by atoms with van der Waals surface area (Å²) in [5.41, 5.74) is -0.402. The average molecular weight is 551 g/mol. The van der Waals surface area contributed by atoms with Crippen molar-refractivity contribution in [2.75, 3.05) is 6.61 Å². The minimum absolute atomic E-state index is 0.212. The molecule has 0 spiro atoms. The second-order valence-electron chi connectivity index (χ2n) is 7.63. The van der Waals surface area contributed by atoms with Gasteiger partial charge in [0, 0.05) is 27.7 Å². The second kappa shape index (κ2) is 12.2. The van der Waals surface area contributed by atoms with Crippen molar-refractivity contribution < 1.29 is 57.5 Å². The summed E-state index contributed by atoms with van der Waals surface area (Å²) < 4.78 is 32.4. The van der Waals surface area contributed by atoms with Crippen LogP contribution < -0.4 is 4.74 Å². The van der Waals surface area contributed by atoms with Crippen LogP contribution in [-0.2, 0) is 42.9 Å². The number of hydrogen-bond donors (Lipinski definition) is 1. The second-order valence-corrected chi connectivity index (χ2v) is 8.45. The van der Waals surface area contributed by atoms with Crippen molar-refractivity contribution in [1.82, 2.24) is 0 Å². The fraction of sp³-hybridized carbons (Fsp3) is 0.500. The lowest BCUT2D eigenvalue weighted by Crippen LogP contribution is -2.63. The normalized spacial score (nSPS) is 23.2. The first-order chi connectivity index (χ1) is 16.7. The van der Waals surface area contributed by atoms with E-state index in [1.807, 2.05) is 0 Å². The molecule has 36 heavy (non-hydrogen) atoms. The number of phenolic OH excluding ortho intramolecular Hbond substituents is 1. The Kier molecular flexibility index (Phi) is 9.91. The molecule has 1 heterocycles. The monoisotopic (exact) mass is 550 g/mol. The first-order valence-corrected chi connectivity index (χ1v) is 11.2. The highest BCUT2D eigenvalue weighted by atomic mass is 35.5. The number of benzene rings is 1. The molecule has 1 aliphatic heterocycles. The summed E-state index contributed by atoms with van der Waals surface area (Å²) in [6.07, 6.45) is -7.44. The van der Waals surface area contributed by atoms with E-state index in [0.29, 0.717) is 0 Å². The number of carbonyl (C=O) groups excluding carboxylic acids is 5. The summed E-state index contributed by atoms with van der Waals surface area (Å²) in [5, 5.41) is 9.87. The Morgan fingerprint density at radius 3 is 1.86 bits per heavy atom. The number of aromatic hydroxyl groups is 1. The number of phenols is 1. The molecule has 1 aliphatic rings. The maximum Gasteiger partial charge on any atom is 0.303 e. The van der Waals surface area contributed by atoms with Gasteiger partial charge in [-0.1, -0.05) is 23.2 Å². The van der Waals surface area contributed by atoms with Crippen molar-refractivity contribution in [3.8, 4) is 11.5 Å². The zero-order chi connectivity index (χ0) is 27.3. The van der Waals surface area contributed by atoms with Crippen molar-refractivity contribution >= 4 is 52.9 Å². The van der Waals surface area contributed by atoms with Crippen LogP contribution in [0.25, 0.3) is 0 Å². The van der Waals surface area contributed by atoms with Crippen molar-refractivity contribution in [1.29, 1.82) is 0 Å². The molecule has 0 unspecified atom stereocenters. The number of hydrogen-bond acceptors (Lipinski definition) is 12. The first-order valence-electron chi connectivity index (χ1n) is 10.4. The molecule has 0 aromatic heterocycles. The van der Waals surface area contributed by atoms with E-state index < -0.39 is 78.3 Å². The Morgan fingerprint density at radius 2 is 1.36 bits per heavy atom. The Hall–Kier alpha value is -3.09. The molecular formula is C22H24Cl2O12. The van der Waals surface area contributed by atoms with Gasteiger partial charge in [-0.3, -0.25) is 24.0 Å². The molecule has 14 heteroatoms. The molecule has 1 aromatic rings. The van der Waals surface area contributed by atoms with E-state index in [9.17, 15) is 29.1 Å². The third-order valence-electron chi connectivity index (χ3n) is 4.69. The summed E-state index contributed by atoms with van der Waals surface area (Å²) in [7, 11) is 0. The molecule has 1 N–H and O–H groups in total. The third kappa shape index (κ3) is 7.21. The first kappa shape index (κ1) is 29.1. The van der Waals surface area contributed by atoms with Crippen molar-refractivity contribution in [2.24, 2.45) is 0 Å². The van der Waals surface area contributed by atoms with Gasteiger partial charge < -0.3 is 33.5 Å². The molecule has 198 valence electrons. The molecule has 0 aliphatic carbocycles. The standard InChI is InChI=1S/C22H24Cl2O12/c1-8(25)16-17(30)13(23)6-14(24)18(16)36-22-21(34-12(5)29)20(33-11(4)28)19(32-10(3)27)15(35-22)7-31-9(2)26/h6,15,19-22,30H,7H2,1-5H3/t15-,19-,20+,21-,22+/m1/s1.